The summed E-state index contributed by atoms with van der Waals surface area (Å²) in [5, 5.41) is 5.13. The molecule has 2 saturated heterocycles. The van der Waals surface area contributed by atoms with Gasteiger partial charge in [-0.15, -0.1) is 11.8 Å². The highest BCUT2D eigenvalue weighted by Crippen LogP contribution is 2.40. The third-order valence-corrected chi connectivity index (χ3v) is 9.12. The molecule has 6 rings (SSSR count). The summed E-state index contributed by atoms with van der Waals surface area (Å²) < 4.78 is 11.5. The van der Waals surface area contributed by atoms with E-state index in [1.807, 2.05) is 0 Å². The van der Waals surface area contributed by atoms with E-state index < -0.39 is 5.92 Å². The van der Waals surface area contributed by atoms with Crippen LogP contribution in [0.15, 0.2) is 54.2 Å². The molecule has 4 aliphatic rings. The number of likely N-dealkylation sites (tertiary alicyclic amines) is 1. The summed E-state index contributed by atoms with van der Waals surface area (Å²) in [4.78, 5) is 45.7. The van der Waals surface area contributed by atoms with Crippen molar-refractivity contribution in [3.63, 3.8) is 0 Å². The molecule has 4 atom stereocenters. The van der Waals surface area contributed by atoms with Crippen LogP contribution in [0.2, 0.25) is 0 Å². The lowest BCUT2D eigenvalue weighted by molar-refractivity contribution is -0.138. The Morgan fingerprint density at radius 1 is 1.15 bits per heavy atom. The molecule has 10 heteroatoms. The van der Waals surface area contributed by atoms with Crippen molar-refractivity contribution < 1.29 is 23.9 Å². The maximum Gasteiger partial charge on any atom is 0.306 e. The molecule has 2 aromatic rings. The van der Waals surface area contributed by atoms with Crippen molar-refractivity contribution in [3.8, 4) is 5.75 Å². The first kappa shape index (κ1) is 27.6. The normalized spacial score (nSPS) is 23.7. The largest absolute Gasteiger partial charge is 0.482 e. The number of aromatic nitrogens is 1. The maximum absolute atomic E-state index is 13.0. The Bertz CT molecular complexity index is 1300. The lowest BCUT2D eigenvalue weighted by Crippen LogP contribution is -2.51. The number of hydrogen-bond donors (Lipinski definition) is 1. The third kappa shape index (κ3) is 6.53. The van der Waals surface area contributed by atoms with Crippen molar-refractivity contribution in [2.45, 2.75) is 63.1 Å². The summed E-state index contributed by atoms with van der Waals surface area (Å²) in [7, 11) is 0. The molecule has 0 spiro atoms. The van der Waals surface area contributed by atoms with Crippen molar-refractivity contribution in [1.29, 1.82) is 0 Å². The fraction of sp³-hybridized carbons (Fsp3) is 0.484. The van der Waals surface area contributed by atoms with Crippen molar-refractivity contribution in [1.82, 2.24) is 20.1 Å². The van der Waals surface area contributed by atoms with Gasteiger partial charge in [0, 0.05) is 25.3 Å². The summed E-state index contributed by atoms with van der Waals surface area (Å²) in [5.41, 5.74) is 2.80. The molecule has 1 saturated carbocycles. The predicted molar refractivity (Wildman–Crippen MR) is 155 cm³/mol. The van der Waals surface area contributed by atoms with E-state index in [2.05, 4.69) is 58.0 Å². The minimum atomic E-state index is -0.422. The van der Waals surface area contributed by atoms with Crippen LogP contribution in [-0.4, -0.2) is 70.2 Å². The first-order valence-corrected chi connectivity index (χ1v) is 15.5. The van der Waals surface area contributed by atoms with Crippen molar-refractivity contribution in [2.24, 2.45) is 5.92 Å². The van der Waals surface area contributed by atoms with E-state index in [9.17, 15) is 14.4 Å². The smallest absolute Gasteiger partial charge is 0.306 e. The van der Waals surface area contributed by atoms with Crippen LogP contribution in [0.25, 0.3) is 0 Å². The molecule has 3 aliphatic heterocycles. The third-order valence-electron chi connectivity index (χ3n) is 8.36. The van der Waals surface area contributed by atoms with Crippen LogP contribution >= 0.6 is 11.8 Å². The molecule has 41 heavy (non-hydrogen) atoms. The molecule has 4 heterocycles. The number of cyclic esters (lactones) is 1. The number of pyridine rings is 1. The lowest BCUT2D eigenvalue weighted by Gasteiger charge is -2.34. The average molecular weight is 577 g/mol. The van der Waals surface area contributed by atoms with Gasteiger partial charge in [0.2, 0.25) is 5.91 Å². The number of nitrogens with zero attached hydrogens (tertiary/aromatic N) is 3. The molecule has 3 fully saturated rings. The molecular formula is C31H36N4O5S. The van der Waals surface area contributed by atoms with Crippen molar-refractivity contribution in [3.05, 3.63) is 71.0 Å². The van der Waals surface area contributed by atoms with E-state index in [1.54, 1.807) is 35.0 Å². The zero-order valence-electron chi connectivity index (χ0n) is 23.2. The number of esters is 1. The van der Waals surface area contributed by atoms with Gasteiger partial charge >= 0.3 is 5.97 Å². The summed E-state index contributed by atoms with van der Waals surface area (Å²) >= 11 is 1.76. The standard InChI is InChI=1S/C31H36N4O5S/c1-20(35-13-14-41-19-35)29(23-8-6-22(7-9-23)21-4-5-21)40-26-10-11-27(32-16-26)30(37)33-25-3-2-12-34(17-25)31(38)24-15-28(36)39-18-24/h6-11,13-14,16,20-21,24-25,29H,2-5,12,15,17-19H2,1H3,(H,33,37)/t20-,24+,25-,29-/m0/s1. The van der Waals surface area contributed by atoms with E-state index in [4.69, 9.17) is 9.47 Å². The molecule has 1 aliphatic carbocycles. The van der Waals surface area contributed by atoms with E-state index in [-0.39, 0.29) is 49.0 Å². The summed E-state index contributed by atoms with van der Waals surface area (Å²) in [6.07, 6.45) is 7.73. The molecule has 0 unspecified atom stereocenters. The number of hydrogen-bond acceptors (Lipinski definition) is 8. The Labute approximate surface area is 244 Å². The second-order valence-electron chi connectivity index (χ2n) is 11.4. The lowest BCUT2D eigenvalue weighted by atomic mass is 9.99. The number of rotatable bonds is 9. The molecule has 0 radical (unpaired) electrons. The Morgan fingerprint density at radius 2 is 1.98 bits per heavy atom. The van der Waals surface area contributed by atoms with Crippen LogP contribution in [0.4, 0.5) is 0 Å². The number of piperidine rings is 1. The molecular weight excluding hydrogens is 540 g/mol. The van der Waals surface area contributed by atoms with Crippen LogP contribution in [0.1, 0.15) is 72.7 Å². The average Bonchev–Trinajstić information content (AvgIpc) is 3.51. The summed E-state index contributed by atoms with van der Waals surface area (Å²) in [6.45, 7) is 3.34. The first-order valence-electron chi connectivity index (χ1n) is 14.5. The highest BCUT2D eigenvalue weighted by molar-refractivity contribution is 8.02. The van der Waals surface area contributed by atoms with E-state index >= 15 is 0 Å². The second-order valence-corrected chi connectivity index (χ2v) is 12.2. The quantitative estimate of drug-likeness (QED) is 0.443. The predicted octanol–water partition coefficient (Wildman–Crippen LogP) is 4.23. The highest BCUT2D eigenvalue weighted by atomic mass is 32.2. The fourth-order valence-electron chi connectivity index (χ4n) is 5.75. The van der Waals surface area contributed by atoms with Gasteiger partial charge in [-0.2, -0.15) is 0 Å². The van der Waals surface area contributed by atoms with Gasteiger partial charge in [0.1, 0.15) is 24.2 Å². The van der Waals surface area contributed by atoms with E-state index in [1.165, 1.54) is 18.4 Å². The topological polar surface area (TPSA) is 101 Å². The van der Waals surface area contributed by atoms with Gasteiger partial charge in [-0.25, -0.2) is 4.98 Å². The van der Waals surface area contributed by atoms with Gasteiger partial charge < -0.3 is 24.6 Å². The molecule has 0 bridgehead atoms. The Balaban J connectivity index is 1.09. The minimum absolute atomic E-state index is 0.0802. The Morgan fingerprint density at radius 3 is 2.63 bits per heavy atom. The van der Waals surface area contributed by atoms with E-state index in [0.29, 0.717) is 30.5 Å². The summed E-state index contributed by atoms with van der Waals surface area (Å²) in [5.74, 6) is 1.07. The van der Waals surface area contributed by atoms with Crippen LogP contribution in [0.5, 0.6) is 5.75 Å². The zero-order chi connectivity index (χ0) is 28.3. The van der Waals surface area contributed by atoms with Gasteiger partial charge in [0.05, 0.1) is 30.5 Å². The van der Waals surface area contributed by atoms with Crippen LogP contribution < -0.4 is 10.1 Å². The van der Waals surface area contributed by atoms with Crippen molar-refractivity contribution >= 4 is 29.5 Å². The molecule has 1 aromatic carbocycles. The maximum atomic E-state index is 13.0. The SMILES string of the molecule is C[C@@H]([C@H](Oc1ccc(C(=O)N[C@H]2CCCN(C(=O)[C@H]3COC(=O)C3)C2)nc1)c1ccc(C2CC2)cc1)N1C=CSC1. The molecule has 9 nitrogen and oxygen atoms in total. The number of thioether (sulfide) groups is 1. The number of carbonyl (C=O) groups excluding carboxylic acids is 3. The molecule has 1 aromatic heterocycles. The number of nitrogens with one attached hydrogen (secondary N) is 1. The number of amides is 2. The van der Waals surface area contributed by atoms with Crippen LogP contribution in [-0.2, 0) is 14.3 Å². The molecule has 2 amide bonds. The molecule has 216 valence electrons. The van der Waals surface area contributed by atoms with Gasteiger partial charge in [-0.05, 0) is 67.2 Å². The van der Waals surface area contributed by atoms with Crippen molar-refractivity contribution in [2.75, 3.05) is 25.6 Å². The van der Waals surface area contributed by atoms with E-state index in [0.717, 1.165) is 24.3 Å². The summed E-state index contributed by atoms with van der Waals surface area (Å²) in [6, 6.07) is 12.2. The van der Waals surface area contributed by atoms with Crippen LogP contribution in [0.3, 0.4) is 0 Å². The minimum Gasteiger partial charge on any atom is -0.482 e. The van der Waals surface area contributed by atoms with Crippen LogP contribution in [0, 0.1) is 5.92 Å². The molecule has 1 N–H and O–H groups in total. The first-order chi connectivity index (χ1) is 19.9. The second kappa shape index (κ2) is 12.1. The van der Waals surface area contributed by atoms with Gasteiger partial charge in [-0.3, -0.25) is 14.4 Å². The Kier molecular flexibility index (Phi) is 8.18. The van der Waals surface area contributed by atoms with Gasteiger partial charge in [0.25, 0.3) is 5.91 Å². The number of benzene rings is 1. The highest BCUT2D eigenvalue weighted by Gasteiger charge is 2.35. The van der Waals surface area contributed by atoms with Gasteiger partial charge in [0.15, 0.2) is 0 Å². The van der Waals surface area contributed by atoms with Gasteiger partial charge in [-0.1, -0.05) is 24.3 Å². The Hall–Kier alpha value is -3.53. The fourth-order valence-corrected chi connectivity index (χ4v) is 6.58. The zero-order valence-corrected chi connectivity index (χ0v) is 24.1. The number of carbonyl (C=O) groups is 3. The number of ether oxygens (including phenoxy) is 2. The monoisotopic (exact) mass is 576 g/mol.